The summed E-state index contributed by atoms with van der Waals surface area (Å²) < 4.78 is 25.3. The van der Waals surface area contributed by atoms with Crippen LogP contribution in [0.5, 0.6) is 23.5 Å². The lowest BCUT2D eigenvalue weighted by Crippen LogP contribution is -2.28. The van der Waals surface area contributed by atoms with Crippen LogP contribution < -0.4 is 29.6 Å². The van der Waals surface area contributed by atoms with Crippen molar-refractivity contribution in [1.29, 1.82) is 0 Å². The molecule has 0 amide bonds. The van der Waals surface area contributed by atoms with Gasteiger partial charge in [0, 0.05) is 37.3 Å². The van der Waals surface area contributed by atoms with Crippen molar-refractivity contribution in [2.45, 2.75) is 65.2 Å². The van der Waals surface area contributed by atoms with Crippen molar-refractivity contribution in [3.05, 3.63) is 116 Å². The summed E-state index contributed by atoms with van der Waals surface area (Å²) in [6, 6.07) is 15.7. The molecule has 16 heteroatoms. The van der Waals surface area contributed by atoms with Crippen molar-refractivity contribution >= 4 is 43.8 Å². The first-order valence-electron chi connectivity index (χ1n) is 18.3. The Morgan fingerprint density at radius 3 is 1.43 bits per heavy atom. The lowest BCUT2D eigenvalue weighted by molar-refractivity contribution is -0.140. The number of halogens is 2. The summed E-state index contributed by atoms with van der Waals surface area (Å²) in [7, 11) is 0. The van der Waals surface area contributed by atoms with Crippen LogP contribution in [0.15, 0.2) is 82.8 Å². The predicted octanol–water partition coefficient (Wildman–Crippen LogP) is 6.42. The third-order valence-corrected chi connectivity index (χ3v) is 9.90. The lowest BCUT2D eigenvalue weighted by atomic mass is 9.92. The molecule has 310 valence electrons. The van der Waals surface area contributed by atoms with Crippen molar-refractivity contribution in [3.8, 4) is 34.6 Å². The van der Waals surface area contributed by atoms with E-state index in [0.717, 1.165) is 33.4 Å². The van der Waals surface area contributed by atoms with E-state index in [1.807, 2.05) is 50.2 Å². The van der Waals surface area contributed by atoms with Crippen LogP contribution in [0.4, 0.5) is 0 Å². The highest BCUT2D eigenvalue weighted by Gasteiger charge is 2.18. The molecule has 0 saturated heterocycles. The maximum absolute atomic E-state index is 10.9. The number of hydrogen-bond acceptors (Lipinski definition) is 12. The summed E-state index contributed by atoms with van der Waals surface area (Å²) in [6.07, 6.45) is 0.397. The van der Waals surface area contributed by atoms with Crippen LogP contribution >= 0.6 is 31.9 Å². The third-order valence-electron chi connectivity index (χ3n) is 8.76. The second kappa shape index (κ2) is 22.9. The Morgan fingerprint density at radius 2 is 1.07 bits per heavy atom. The molecule has 14 nitrogen and oxygen atoms in total. The van der Waals surface area contributed by atoms with Crippen LogP contribution in [-0.4, -0.2) is 80.8 Å². The van der Waals surface area contributed by atoms with Crippen molar-refractivity contribution in [3.63, 3.8) is 0 Å². The minimum absolute atomic E-state index is 0.0795. The number of hydrogen-bond donors (Lipinski definition) is 6. The molecule has 6 N–H and O–H groups in total. The minimum Gasteiger partial charge on any atom is -0.481 e. The van der Waals surface area contributed by atoms with Crippen LogP contribution in [0, 0.1) is 13.8 Å². The number of nitrogens with one attached hydrogen (secondary N) is 2. The fourth-order valence-electron chi connectivity index (χ4n) is 5.82. The van der Waals surface area contributed by atoms with Crippen LogP contribution in [0.3, 0.4) is 0 Å². The van der Waals surface area contributed by atoms with Gasteiger partial charge in [-0.15, -0.1) is 0 Å². The number of aromatic nitrogens is 2. The van der Waals surface area contributed by atoms with E-state index in [1.54, 1.807) is 12.2 Å². The van der Waals surface area contributed by atoms with Gasteiger partial charge in [0.2, 0.25) is 23.5 Å². The molecule has 2 aromatic carbocycles. The highest BCUT2D eigenvalue weighted by atomic mass is 79.9. The van der Waals surface area contributed by atoms with Gasteiger partial charge < -0.3 is 50.0 Å². The zero-order chi connectivity index (χ0) is 42.2. The molecule has 2 aromatic heterocycles. The molecule has 0 radical (unpaired) electrons. The Labute approximate surface area is 354 Å². The molecule has 0 bridgehead atoms. The van der Waals surface area contributed by atoms with Crippen molar-refractivity contribution in [2.75, 3.05) is 26.3 Å². The molecule has 4 aromatic rings. The fraction of sp³-hybridized carbons (Fsp3) is 0.333. The maximum Gasteiger partial charge on any atom is 0.306 e. The standard InChI is InChI=1S/C42H48Br2N4O10/c1-5-13-55-39-29(19-45-21-31(49)17-37(51)52)15-35(43)41(47-39)57-23-27-9-7-11-33(25(27)3)34-12-8-10-28(26(34)4)24-58-42-36(44)16-30(40(48-42)56-14-6-2)20-46-22-32(50)18-38(53)54/h5-12,15-16,31-32,45-46,49-50H,1-2,13-14,17-24H2,3-4H3,(H,51,52)(H,53,54)/t31-,32-/m0/s1. The van der Waals surface area contributed by atoms with Gasteiger partial charge in [-0.2, -0.15) is 9.97 Å². The molecule has 0 spiro atoms. The molecule has 2 atom stereocenters. The number of rotatable bonds is 25. The average Bonchev–Trinajstić information content (AvgIpc) is 3.16. The number of nitrogens with zero attached hydrogens (tertiary/aromatic N) is 2. The van der Waals surface area contributed by atoms with E-state index in [2.05, 4.69) is 77.8 Å². The van der Waals surface area contributed by atoms with E-state index in [-0.39, 0.29) is 65.4 Å². The molecule has 0 aliphatic heterocycles. The SMILES string of the molecule is C=CCOc1nc(OCc2cccc(-c3cccc(COc4nc(OCC=C)c(CNC[C@@H](O)CC(=O)O)cc4Br)c3C)c2C)c(Br)cc1CNC[C@@H](O)CC(=O)O. The van der Waals surface area contributed by atoms with Gasteiger partial charge in [-0.1, -0.05) is 61.7 Å². The van der Waals surface area contributed by atoms with Crippen LogP contribution in [-0.2, 0) is 35.9 Å². The summed E-state index contributed by atoms with van der Waals surface area (Å²) in [4.78, 5) is 31.0. The van der Waals surface area contributed by atoms with Gasteiger partial charge in [-0.3, -0.25) is 9.59 Å². The van der Waals surface area contributed by atoms with Crippen molar-refractivity contribution in [1.82, 2.24) is 20.6 Å². The first kappa shape index (κ1) is 45.9. The van der Waals surface area contributed by atoms with E-state index < -0.39 is 24.1 Å². The number of carboxylic acids is 2. The van der Waals surface area contributed by atoms with E-state index in [4.69, 9.17) is 29.2 Å². The second-order valence-electron chi connectivity index (χ2n) is 13.2. The Bertz CT molecular complexity index is 1920. The topological polar surface area (TPSA) is 202 Å². The second-order valence-corrected chi connectivity index (χ2v) is 14.9. The first-order chi connectivity index (χ1) is 27.8. The Hall–Kier alpha value is -4.84. The number of carboxylic acid groups (broad SMARTS) is 2. The zero-order valence-electron chi connectivity index (χ0n) is 32.3. The molecule has 0 saturated carbocycles. The van der Waals surface area contributed by atoms with Crippen molar-refractivity contribution < 1.29 is 49.0 Å². The number of aliphatic hydroxyl groups is 2. The Balaban J connectivity index is 1.48. The molecular formula is C42H48Br2N4O10. The summed E-state index contributed by atoms with van der Waals surface area (Å²) in [6.45, 7) is 13.1. The lowest BCUT2D eigenvalue weighted by Gasteiger charge is -2.18. The van der Waals surface area contributed by atoms with Gasteiger partial charge in [0.1, 0.15) is 26.4 Å². The molecule has 0 fully saturated rings. The van der Waals surface area contributed by atoms with Crippen LogP contribution in [0.1, 0.15) is 46.2 Å². The van der Waals surface area contributed by atoms with Gasteiger partial charge >= 0.3 is 11.9 Å². The Morgan fingerprint density at radius 1 is 0.672 bits per heavy atom. The van der Waals surface area contributed by atoms with E-state index in [1.165, 1.54) is 0 Å². The smallest absolute Gasteiger partial charge is 0.306 e. The molecule has 58 heavy (non-hydrogen) atoms. The number of ether oxygens (including phenoxy) is 4. The highest BCUT2D eigenvalue weighted by Crippen LogP contribution is 2.35. The van der Waals surface area contributed by atoms with E-state index in [0.29, 0.717) is 43.6 Å². The zero-order valence-corrected chi connectivity index (χ0v) is 35.5. The fourth-order valence-corrected chi connectivity index (χ4v) is 6.78. The summed E-state index contributed by atoms with van der Waals surface area (Å²) in [5.74, 6) is -0.873. The van der Waals surface area contributed by atoms with E-state index in [9.17, 15) is 19.8 Å². The first-order valence-corrected chi connectivity index (χ1v) is 19.9. The van der Waals surface area contributed by atoms with Gasteiger partial charge in [-0.25, -0.2) is 0 Å². The molecule has 0 aliphatic carbocycles. The van der Waals surface area contributed by atoms with Crippen LogP contribution in [0.2, 0.25) is 0 Å². The summed E-state index contributed by atoms with van der Waals surface area (Å²) >= 11 is 7.13. The van der Waals surface area contributed by atoms with Crippen LogP contribution in [0.25, 0.3) is 11.1 Å². The largest absolute Gasteiger partial charge is 0.481 e. The molecule has 2 heterocycles. The molecule has 4 rings (SSSR count). The predicted molar refractivity (Wildman–Crippen MR) is 225 cm³/mol. The minimum atomic E-state index is -1.08. The molecular weight excluding hydrogens is 880 g/mol. The molecule has 0 unspecified atom stereocenters. The molecule has 0 aliphatic rings. The van der Waals surface area contributed by atoms with Gasteiger partial charge in [-0.05, 0) is 91.2 Å². The number of aliphatic carboxylic acids is 2. The average molecular weight is 929 g/mol. The number of benzene rings is 2. The van der Waals surface area contributed by atoms with Gasteiger partial charge in [0.25, 0.3) is 0 Å². The van der Waals surface area contributed by atoms with Gasteiger partial charge in [0.05, 0.1) is 34.0 Å². The maximum atomic E-state index is 10.9. The Kier molecular flexibility index (Phi) is 18.1. The number of aliphatic hydroxyl groups excluding tert-OH is 2. The third kappa shape index (κ3) is 13.6. The number of carbonyl (C=O) groups is 2. The summed E-state index contributed by atoms with van der Waals surface area (Å²) in [5, 5.41) is 43.8. The number of pyridine rings is 2. The quantitative estimate of drug-likeness (QED) is 0.0398. The van der Waals surface area contributed by atoms with Crippen molar-refractivity contribution in [2.24, 2.45) is 0 Å². The highest BCUT2D eigenvalue weighted by molar-refractivity contribution is 9.10. The van der Waals surface area contributed by atoms with E-state index >= 15 is 0 Å². The normalized spacial score (nSPS) is 12.0. The van der Waals surface area contributed by atoms with Gasteiger partial charge in [0.15, 0.2) is 0 Å². The summed E-state index contributed by atoms with van der Waals surface area (Å²) in [5.41, 5.74) is 7.37. The monoisotopic (exact) mass is 926 g/mol.